The SMILES string of the molecule is COC(=O)Cc1ccc(N2C(=O)C(=O)/C(=C(\O)c3ccc4c(c3)CCO4)C2c2cccc(OC)c2)cc1. The Morgan fingerprint density at radius 2 is 1.84 bits per heavy atom. The van der Waals surface area contributed by atoms with Gasteiger partial charge in [0, 0.05) is 17.7 Å². The van der Waals surface area contributed by atoms with E-state index in [1.165, 1.54) is 19.1 Å². The summed E-state index contributed by atoms with van der Waals surface area (Å²) < 4.78 is 15.7. The second kappa shape index (κ2) is 9.81. The third-order valence-corrected chi connectivity index (χ3v) is 6.61. The van der Waals surface area contributed by atoms with Crippen molar-refractivity contribution in [3.05, 3.63) is 94.6 Å². The molecule has 1 fully saturated rings. The van der Waals surface area contributed by atoms with E-state index in [4.69, 9.17) is 14.2 Å². The van der Waals surface area contributed by atoms with Gasteiger partial charge < -0.3 is 19.3 Å². The number of benzene rings is 3. The van der Waals surface area contributed by atoms with Crippen LogP contribution in [0.5, 0.6) is 11.5 Å². The molecule has 3 aromatic rings. The number of carbonyl (C=O) groups excluding carboxylic acids is 3. The molecule has 2 aliphatic rings. The lowest BCUT2D eigenvalue weighted by Gasteiger charge is -2.26. The van der Waals surface area contributed by atoms with Crippen LogP contribution in [-0.4, -0.2) is 43.6 Å². The Hall–Kier alpha value is -4.59. The number of Topliss-reactive ketones (excluding diaryl/α,β-unsaturated/α-hetero) is 1. The number of ether oxygens (including phenoxy) is 3. The van der Waals surface area contributed by atoms with Crippen LogP contribution in [-0.2, 0) is 32.0 Å². The molecule has 0 radical (unpaired) electrons. The molecule has 2 heterocycles. The smallest absolute Gasteiger partial charge is 0.309 e. The monoisotopic (exact) mass is 499 g/mol. The fourth-order valence-corrected chi connectivity index (χ4v) is 4.73. The number of amides is 1. The number of fused-ring (bicyclic) bond motifs is 1. The molecule has 8 nitrogen and oxygen atoms in total. The zero-order chi connectivity index (χ0) is 26.1. The Balaban J connectivity index is 1.63. The number of methoxy groups -OCH3 is 2. The van der Waals surface area contributed by atoms with E-state index in [1.807, 2.05) is 0 Å². The largest absolute Gasteiger partial charge is 0.507 e. The van der Waals surface area contributed by atoms with Gasteiger partial charge in [0.25, 0.3) is 11.7 Å². The summed E-state index contributed by atoms with van der Waals surface area (Å²) in [5, 5.41) is 11.4. The molecule has 0 saturated carbocycles. The molecule has 188 valence electrons. The Kier molecular flexibility index (Phi) is 6.40. The highest BCUT2D eigenvalue weighted by atomic mass is 16.5. The molecular weight excluding hydrogens is 474 g/mol. The van der Waals surface area contributed by atoms with E-state index in [2.05, 4.69) is 0 Å². The van der Waals surface area contributed by atoms with Crippen LogP contribution in [0.15, 0.2) is 72.3 Å². The lowest BCUT2D eigenvalue weighted by Crippen LogP contribution is -2.29. The quantitative estimate of drug-likeness (QED) is 0.237. The van der Waals surface area contributed by atoms with Gasteiger partial charge in [0.1, 0.15) is 17.3 Å². The van der Waals surface area contributed by atoms with Gasteiger partial charge in [0.15, 0.2) is 0 Å². The minimum Gasteiger partial charge on any atom is -0.507 e. The number of hydrogen-bond acceptors (Lipinski definition) is 7. The highest BCUT2D eigenvalue weighted by Crippen LogP contribution is 2.43. The van der Waals surface area contributed by atoms with Gasteiger partial charge in [-0.2, -0.15) is 0 Å². The number of anilines is 1. The molecule has 5 rings (SSSR count). The highest BCUT2D eigenvalue weighted by molar-refractivity contribution is 6.51. The predicted octanol–water partition coefficient (Wildman–Crippen LogP) is 3.97. The summed E-state index contributed by atoms with van der Waals surface area (Å²) in [6.45, 7) is 0.555. The lowest BCUT2D eigenvalue weighted by atomic mass is 9.94. The first-order valence-corrected chi connectivity index (χ1v) is 11.8. The van der Waals surface area contributed by atoms with Gasteiger partial charge in [-0.1, -0.05) is 24.3 Å². The topological polar surface area (TPSA) is 102 Å². The first-order valence-electron chi connectivity index (χ1n) is 11.8. The third-order valence-electron chi connectivity index (χ3n) is 6.61. The summed E-state index contributed by atoms with van der Waals surface area (Å²) in [5.74, 6) is -0.908. The summed E-state index contributed by atoms with van der Waals surface area (Å²) in [6, 6.07) is 18.1. The Bertz CT molecular complexity index is 1420. The number of rotatable bonds is 6. The minimum absolute atomic E-state index is 0.0178. The van der Waals surface area contributed by atoms with Crippen molar-refractivity contribution >= 4 is 29.1 Å². The molecular formula is C29H25NO7. The number of aliphatic hydroxyl groups is 1. The summed E-state index contributed by atoms with van der Waals surface area (Å²) in [7, 11) is 2.85. The van der Waals surface area contributed by atoms with E-state index < -0.39 is 17.7 Å². The summed E-state index contributed by atoms with van der Waals surface area (Å²) in [5.41, 5.74) is 3.09. The van der Waals surface area contributed by atoms with Crippen LogP contribution in [0.3, 0.4) is 0 Å². The molecule has 3 aromatic carbocycles. The number of ketones is 1. The van der Waals surface area contributed by atoms with E-state index >= 15 is 0 Å². The fourth-order valence-electron chi connectivity index (χ4n) is 4.73. The Morgan fingerprint density at radius 1 is 1.05 bits per heavy atom. The van der Waals surface area contributed by atoms with Crippen LogP contribution in [0.25, 0.3) is 5.76 Å². The third kappa shape index (κ3) is 4.42. The van der Waals surface area contributed by atoms with Crippen molar-refractivity contribution in [1.82, 2.24) is 0 Å². The maximum atomic E-state index is 13.4. The number of nitrogens with zero attached hydrogens (tertiary/aromatic N) is 1. The van der Waals surface area contributed by atoms with Crippen LogP contribution < -0.4 is 14.4 Å². The summed E-state index contributed by atoms with van der Waals surface area (Å²) >= 11 is 0. The zero-order valence-corrected chi connectivity index (χ0v) is 20.4. The van der Waals surface area contributed by atoms with Gasteiger partial charge in [-0.15, -0.1) is 0 Å². The van der Waals surface area contributed by atoms with Crippen molar-refractivity contribution in [3.63, 3.8) is 0 Å². The molecule has 1 amide bonds. The van der Waals surface area contributed by atoms with Crippen molar-refractivity contribution in [2.75, 3.05) is 25.7 Å². The summed E-state index contributed by atoms with van der Waals surface area (Å²) in [6.07, 6.45) is 0.777. The van der Waals surface area contributed by atoms with E-state index in [1.54, 1.807) is 66.7 Å². The van der Waals surface area contributed by atoms with Crippen LogP contribution >= 0.6 is 0 Å². The molecule has 8 heteroatoms. The summed E-state index contributed by atoms with van der Waals surface area (Å²) in [4.78, 5) is 39.8. The first-order chi connectivity index (χ1) is 17.9. The van der Waals surface area contributed by atoms with Crippen molar-refractivity contribution in [3.8, 4) is 11.5 Å². The predicted molar refractivity (Wildman–Crippen MR) is 136 cm³/mol. The molecule has 1 unspecified atom stereocenters. The average Bonchev–Trinajstić information content (AvgIpc) is 3.50. The van der Waals surface area contributed by atoms with Crippen LogP contribution in [0, 0.1) is 0 Å². The second-order valence-electron chi connectivity index (χ2n) is 8.79. The Morgan fingerprint density at radius 3 is 2.57 bits per heavy atom. The van der Waals surface area contributed by atoms with E-state index in [0.29, 0.717) is 41.2 Å². The van der Waals surface area contributed by atoms with E-state index in [-0.39, 0.29) is 23.7 Å². The van der Waals surface area contributed by atoms with Gasteiger partial charge in [-0.3, -0.25) is 19.3 Å². The van der Waals surface area contributed by atoms with Crippen LogP contribution in [0.1, 0.15) is 28.3 Å². The highest BCUT2D eigenvalue weighted by Gasteiger charge is 2.47. The number of aliphatic hydroxyl groups excluding tert-OH is 1. The molecule has 2 aliphatic heterocycles. The minimum atomic E-state index is -0.897. The van der Waals surface area contributed by atoms with Gasteiger partial charge >= 0.3 is 5.97 Å². The van der Waals surface area contributed by atoms with Crippen molar-refractivity contribution in [2.24, 2.45) is 0 Å². The molecule has 1 atom stereocenters. The van der Waals surface area contributed by atoms with Crippen molar-refractivity contribution in [1.29, 1.82) is 0 Å². The maximum absolute atomic E-state index is 13.4. The molecule has 1 N–H and O–H groups in total. The van der Waals surface area contributed by atoms with Gasteiger partial charge in [0.05, 0.1) is 38.9 Å². The van der Waals surface area contributed by atoms with Crippen LogP contribution in [0.2, 0.25) is 0 Å². The van der Waals surface area contributed by atoms with Gasteiger partial charge in [0.2, 0.25) is 0 Å². The molecule has 37 heavy (non-hydrogen) atoms. The van der Waals surface area contributed by atoms with E-state index in [9.17, 15) is 19.5 Å². The molecule has 0 aliphatic carbocycles. The van der Waals surface area contributed by atoms with E-state index in [0.717, 1.165) is 11.3 Å². The van der Waals surface area contributed by atoms with Crippen molar-refractivity contribution in [2.45, 2.75) is 18.9 Å². The van der Waals surface area contributed by atoms with Gasteiger partial charge in [-0.05, 0) is 59.2 Å². The van der Waals surface area contributed by atoms with Crippen molar-refractivity contribution < 1.29 is 33.7 Å². The van der Waals surface area contributed by atoms with Crippen LogP contribution in [0.4, 0.5) is 5.69 Å². The van der Waals surface area contributed by atoms with Gasteiger partial charge in [-0.25, -0.2) is 0 Å². The normalized spacial score (nSPS) is 17.9. The molecule has 0 bridgehead atoms. The first kappa shape index (κ1) is 24.1. The fraction of sp³-hybridized carbons (Fsp3) is 0.207. The average molecular weight is 500 g/mol. The molecule has 0 aromatic heterocycles. The number of esters is 1. The Labute approximate surface area is 213 Å². The molecule has 0 spiro atoms. The maximum Gasteiger partial charge on any atom is 0.309 e. The number of hydrogen-bond donors (Lipinski definition) is 1. The second-order valence-corrected chi connectivity index (χ2v) is 8.79. The molecule has 1 saturated heterocycles. The zero-order valence-electron chi connectivity index (χ0n) is 20.4. The standard InChI is InChI=1S/C29H25NO7/c1-35-22-5-3-4-19(16-22)26-25(27(32)20-8-11-23-18(15-20)12-13-37-23)28(33)29(34)30(26)21-9-6-17(7-10-21)14-24(31)36-2/h3-11,15-16,26,32H,12-14H2,1-2H3/b27-25-. The lowest BCUT2D eigenvalue weighted by molar-refractivity contribution is -0.139. The number of carbonyl (C=O) groups is 3.